The molecule has 0 aromatic heterocycles. The number of ether oxygens (including phenoxy) is 1. The quantitative estimate of drug-likeness (QED) is 0.367. The molecule has 2 aliphatic rings. The van der Waals surface area contributed by atoms with E-state index in [0.717, 1.165) is 20.6 Å². The average Bonchev–Trinajstić information content (AvgIpc) is 3.40. The molecular weight excluding hydrogens is 402 g/mol. The van der Waals surface area contributed by atoms with Crippen molar-refractivity contribution in [3.05, 3.63) is 77.4 Å². The van der Waals surface area contributed by atoms with Crippen molar-refractivity contribution in [3.8, 4) is 0 Å². The van der Waals surface area contributed by atoms with Crippen LogP contribution in [0.1, 0.15) is 28.4 Å². The maximum atomic E-state index is 13.4. The minimum atomic E-state index is -3.98. The van der Waals surface area contributed by atoms with Crippen LogP contribution in [0.2, 0.25) is 0 Å². The number of carbonyl (C=O) groups is 2. The van der Waals surface area contributed by atoms with E-state index in [-0.39, 0.29) is 11.5 Å². The molecule has 152 valence electrons. The summed E-state index contributed by atoms with van der Waals surface area (Å²) in [7, 11) is -3.98. The van der Waals surface area contributed by atoms with Crippen LogP contribution < -0.4 is 0 Å². The number of rotatable bonds is 4. The van der Waals surface area contributed by atoms with Gasteiger partial charge in [0.2, 0.25) is 10.0 Å². The molecule has 0 amide bonds. The molecule has 1 fully saturated rings. The summed E-state index contributed by atoms with van der Waals surface area (Å²) in [5.74, 6) is -1.12. The van der Waals surface area contributed by atoms with Gasteiger partial charge in [-0.1, -0.05) is 54.1 Å². The van der Waals surface area contributed by atoms with Gasteiger partial charge in [0.25, 0.3) is 0 Å². The number of fused-ring (bicyclic) bond motifs is 4. The molecule has 3 aromatic rings. The first-order valence-corrected chi connectivity index (χ1v) is 11.1. The van der Waals surface area contributed by atoms with E-state index < -0.39 is 33.4 Å². The second-order valence-corrected chi connectivity index (χ2v) is 9.40. The van der Waals surface area contributed by atoms with Gasteiger partial charge >= 0.3 is 5.97 Å². The van der Waals surface area contributed by atoms with Gasteiger partial charge in [-0.15, -0.1) is 0 Å². The second-order valence-electron chi connectivity index (χ2n) is 7.62. The van der Waals surface area contributed by atoms with Crippen molar-refractivity contribution in [2.45, 2.75) is 30.3 Å². The van der Waals surface area contributed by atoms with Crippen LogP contribution in [-0.4, -0.2) is 37.1 Å². The van der Waals surface area contributed by atoms with Gasteiger partial charge in [-0.3, -0.25) is 4.79 Å². The summed E-state index contributed by atoms with van der Waals surface area (Å²) in [4.78, 5) is 26.6. The minimum absolute atomic E-state index is 0.0590. The van der Waals surface area contributed by atoms with Crippen molar-refractivity contribution in [1.82, 2.24) is 4.31 Å². The molecule has 3 aromatic carbocycles. The summed E-state index contributed by atoms with van der Waals surface area (Å²) in [6, 6.07) is 16.5. The van der Waals surface area contributed by atoms with Gasteiger partial charge in [-0.2, -0.15) is 4.31 Å². The minimum Gasteiger partial charge on any atom is -0.464 e. The van der Waals surface area contributed by atoms with Crippen LogP contribution in [-0.2, 0) is 25.1 Å². The fraction of sp³-hybridized carbons (Fsp3) is 0.217. The Kier molecular flexibility index (Phi) is 3.94. The first-order valence-electron chi connectivity index (χ1n) is 9.69. The van der Waals surface area contributed by atoms with Gasteiger partial charge in [0, 0.05) is 11.1 Å². The Morgan fingerprint density at radius 3 is 2.50 bits per heavy atom. The van der Waals surface area contributed by atoms with Gasteiger partial charge < -0.3 is 4.74 Å². The fourth-order valence-corrected chi connectivity index (χ4v) is 6.56. The lowest BCUT2D eigenvalue weighted by Crippen LogP contribution is -2.30. The Morgan fingerprint density at radius 2 is 1.77 bits per heavy atom. The highest BCUT2D eigenvalue weighted by atomic mass is 32.2. The van der Waals surface area contributed by atoms with Gasteiger partial charge in [0.1, 0.15) is 6.04 Å². The van der Waals surface area contributed by atoms with E-state index in [2.05, 4.69) is 0 Å². The predicted molar refractivity (Wildman–Crippen MR) is 111 cm³/mol. The summed E-state index contributed by atoms with van der Waals surface area (Å²) in [5, 5.41) is 1.84. The summed E-state index contributed by atoms with van der Waals surface area (Å²) < 4.78 is 32.6. The molecule has 2 aliphatic heterocycles. The average molecular weight is 421 g/mol. The number of esters is 1. The molecular formula is C23H19NO5S. The van der Waals surface area contributed by atoms with Gasteiger partial charge in [-0.05, 0) is 36.8 Å². The maximum Gasteiger partial charge on any atom is 0.334 e. The van der Waals surface area contributed by atoms with Crippen molar-refractivity contribution in [1.29, 1.82) is 0 Å². The molecule has 7 heteroatoms. The zero-order valence-corrected chi connectivity index (χ0v) is 17.3. The molecule has 5 rings (SSSR count). The monoisotopic (exact) mass is 421 g/mol. The summed E-state index contributed by atoms with van der Waals surface area (Å²) in [6.07, 6.45) is 0. The Morgan fingerprint density at radius 1 is 1.03 bits per heavy atom. The maximum absolute atomic E-state index is 13.4. The van der Waals surface area contributed by atoms with E-state index in [9.17, 15) is 18.0 Å². The largest absolute Gasteiger partial charge is 0.464 e. The number of nitrogens with zero attached hydrogens (tertiary/aromatic N) is 1. The van der Waals surface area contributed by atoms with Crippen molar-refractivity contribution >= 4 is 32.5 Å². The van der Waals surface area contributed by atoms with Crippen molar-refractivity contribution in [3.63, 3.8) is 0 Å². The molecule has 0 radical (unpaired) electrons. The molecule has 6 nitrogen and oxygen atoms in total. The summed E-state index contributed by atoms with van der Waals surface area (Å²) >= 11 is 0. The lowest BCUT2D eigenvalue weighted by Gasteiger charge is -2.14. The molecule has 0 N–H and O–H groups in total. The van der Waals surface area contributed by atoms with Crippen molar-refractivity contribution < 1.29 is 22.7 Å². The Hall–Kier alpha value is -3.03. The number of benzene rings is 3. The molecule has 0 spiro atoms. The molecule has 1 unspecified atom stereocenters. The van der Waals surface area contributed by atoms with Crippen LogP contribution in [0.5, 0.6) is 0 Å². The molecule has 2 heterocycles. The highest BCUT2D eigenvalue weighted by Gasteiger charge is 2.82. The first kappa shape index (κ1) is 19.0. The molecule has 0 saturated carbocycles. The van der Waals surface area contributed by atoms with E-state index in [1.807, 2.05) is 37.3 Å². The first-order chi connectivity index (χ1) is 14.3. The molecule has 0 aliphatic carbocycles. The van der Waals surface area contributed by atoms with Crippen molar-refractivity contribution in [2.24, 2.45) is 0 Å². The third-order valence-electron chi connectivity index (χ3n) is 5.86. The normalized spacial score (nSPS) is 25.4. The molecule has 30 heavy (non-hydrogen) atoms. The second kappa shape index (κ2) is 6.23. The fourth-order valence-electron chi connectivity index (χ4n) is 4.49. The number of carbonyl (C=O) groups excluding carboxylic acids is 2. The highest BCUT2D eigenvalue weighted by Crippen LogP contribution is 2.62. The topological polar surface area (TPSA) is 80.5 Å². The van der Waals surface area contributed by atoms with Gasteiger partial charge in [0.05, 0.1) is 11.5 Å². The lowest BCUT2D eigenvalue weighted by atomic mass is 9.89. The summed E-state index contributed by atoms with van der Waals surface area (Å²) in [5.41, 5.74) is -0.140. The lowest BCUT2D eigenvalue weighted by molar-refractivity contribution is -0.147. The van der Waals surface area contributed by atoms with E-state index in [4.69, 9.17) is 4.74 Å². The predicted octanol–water partition coefficient (Wildman–Crippen LogP) is 3.18. The standard InChI is InChI=1S/C23H19NO5S/c1-3-29-22(26)23-18-12-14(2)8-11-19(18)30(27,28)24(23)21(23)20(25)17-10-9-15-6-4-5-7-16(15)13-17/h4-13,21H,3H2,1-2H3/t21-,23-,24?/m0/s1. The van der Waals surface area contributed by atoms with Crippen LogP contribution >= 0.6 is 0 Å². The van der Waals surface area contributed by atoms with Crippen LogP contribution in [0.3, 0.4) is 0 Å². The van der Waals surface area contributed by atoms with E-state index >= 15 is 0 Å². The Labute approximate surface area is 174 Å². The van der Waals surface area contributed by atoms with Crippen molar-refractivity contribution in [2.75, 3.05) is 6.61 Å². The smallest absolute Gasteiger partial charge is 0.334 e. The van der Waals surface area contributed by atoms with Crippen LogP contribution in [0.25, 0.3) is 10.8 Å². The number of sulfonamides is 1. The molecule has 0 bridgehead atoms. The number of aryl methyl sites for hydroxylation is 1. The van der Waals surface area contributed by atoms with Crippen LogP contribution in [0.4, 0.5) is 0 Å². The van der Waals surface area contributed by atoms with Crippen LogP contribution in [0, 0.1) is 6.92 Å². The van der Waals surface area contributed by atoms with Gasteiger partial charge in [-0.25, -0.2) is 13.2 Å². The Bertz CT molecular complexity index is 1350. The number of ketones is 1. The van der Waals surface area contributed by atoms with Crippen LogP contribution in [0.15, 0.2) is 65.6 Å². The third-order valence-corrected chi connectivity index (χ3v) is 7.79. The summed E-state index contributed by atoms with van der Waals surface area (Å²) in [6.45, 7) is 3.56. The van der Waals surface area contributed by atoms with E-state index in [0.29, 0.717) is 11.1 Å². The molecule has 1 saturated heterocycles. The number of Topliss-reactive ketones (excluding diaryl/α,β-unsaturated/α-hetero) is 1. The van der Waals surface area contributed by atoms with Gasteiger partial charge in [0.15, 0.2) is 11.3 Å². The van der Waals surface area contributed by atoms with E-state index in [1.165, 1.54) is 6.07 Å². The zero-order chi connectivity index (χ0) is 21.3. The zero-order valence-electron chi connectivity index (χ0n) is 16.5. The number of hydrogen-bond acceptors (Lipinski definition) is 5. The van der Waals surface area contributed by atoms with E-state index in [1.54, 1.807) is 31.2 Å². The third kappa shape index (κ3) is 2.30. The highest BCUT2D eigenvalue weighted by molar-refractivity contribution is 7.90. The Balaban J connectivity index is 1.67. The molecule has 3 atom stereocenters. The SMILES string of the molecule is CCOC(=O)[C@@]12c3cc(C)ccc3S(=O)(=O)N1[C@H]2C(=O)c1ccc2ccccc2c1. The number of hydrogen-bond donors (Lipinski definition) is 0.